The predicted octanol–water partition coefficient (Wildman–Crippen LogP) is 4.03. The number of phenolic OH excluding ortho intramolecular Hbond substituents is 1. The van der Waals surface area contributed by atoms with Crippen molar-refractivity contribution in [1.82, 2.24) is 4.90 Å². The summed E-state index contributed by atoms with van der Waals surface area (Å²) in [4.78, 5) is 27.7. The molecule has 0 radical (unpaired) electrons. The zero-order valence-electron chi connectivity index (χ0n) is 18.2. The molecule has 7 nitrogen and oxygen atoms in total. The van der Waals surface area contributed by atoms with Gasteiger partial charge in [0.15, 0.2) is 11.5 Å². The Morgan fingerprint density at radius 2 is 1.70 bits per heavy atom. The molecule has 1 fully saturated rings. The van der Waals surface area contributed by atoms with Gasteiger partial charge in [-0.05, 0) is 35.4 Å². The van der Waals surface area contributed by atoms with Crippen molar-refractivity contribution in [3.8, 4) is 17.2 Å². The number of ketones is 1. The van der Waals surface area contributed by atoms with E-state index in [1.165, 1.54) is 25.2 Å². The van der Waals surface area contributed by atoms with Crippen LogP contribution in [0.1, 0.15) is 22.7 Å². The van der Waals surface area contributed by atoms with Gasteiger partial charge in [-0.1, -0.05) is 48.5 Å². The summed E-state index contributed by atoms with van der Waals surface area (Å²) in [5.74, 6) is -1.20. The van der Waals surface area contributed by atoms with Crippen LogP contribution < -0.4 is 9.47 Å². The van der Waals surface area contributed by atoms with Crippen molar-refractivity contribution >= 4 is 17.4 Å². The fourth-order valence-corrected chi connectivity index (χ4v) is 3.96. The van der Waals surface area contributed by atoms with E-state index in [2.05, 4.69) is 0 Å². The number of likely N-dealkylation sites (tertiary alicyclic amines) is 1. The van der Waals surface area contributed by atoms with Crippen LogP contribution in [-0.4, -0.2) is 41.0 Å². The maximum Gasteiger partial charge on any atom is 0.295 e. The average molecular weight is 445 g/mol. The minimum Gasteiger partial charge on any atom is -0.507 e. The van der Waals surface area contributed by atoms with E-state index in [4.69, 9.17) is 9.47 Å². The van der Waals surface area contributed by atoms with Crippen LogP contribution in [0.4, 0.5) is 0 Å². The standard InChI is InChI=1S/C26H23NO6/c1-32-19-10-6-9-18(13-19)24(29)22-23(17-11-12-20(28)21(14-17)33-2)27(26(31)25(22)30)15-16-7-4-3-5-8-16/h3-14,23,28-29H,15H2,1-2H3. The average Bonchev–Trinajstić information content (AvgIpc) is 3.09. The molecule has 168 valence electrons. The topological polar surface area (TPSA) is 96.3 Å². The summed E-state index contributed by atoms with van der Waals surface area (Å²) in [6.45, 7) is 0.161. The lowest BCUT2D eigenvalue weighted by molar-refractivity contribution is -0.140. The first kappa shape index (κ1) is 22.0. The van der Waals surface area contributed by atoms with E-state index in [0.717, 1.165) is 5.56 Å². The van der Waals surface area contributed by atoms with Crippen LogP contribution in [0.5, 0.6) is 17.2 Å². The van der Waals surface area contributed by atoms with Gasteiger partial charge in [0.1, 0.15) is 11.5 Å². The Morgan fingerprint density at radius 1 is 0.939 bits per heavy atom. The van der Waals surface area contributed by atoms with E-state index >= 15 is 0 Å². The first-order valence-electron chi connectivity index (χ1n) is 10.3. The van der Waals surface area contributed by atoms with Crippen molar-refractivity contribution in [2.45, 2.75) is 12.6 Å². The van der Waals surface area contributed by atoms with Crippen LogP contribution in [0.25, 0.3) is 5.76 Å². The molecule has 1 aliphatic rings. The van der Waals surface area contributed by atoms with Crippen molar-refractivity contribution in [3.05, 3.63) is 95.1 Å². The second-order valence-corrected chi connectivity index (χ2v) is 7.58. The Hall–Kier alpha value is -4.26. The largest absolute Gasteiger partial charge is 0.507 e. The normalized spacial score (nSPS) is 17.3. The molecule has 1 aliphatic heterocycles. The fourth-order valence-electron chi connectivity index (χ4n) is 3.96. The molecule has 4 rings (SSSR count). The molecule has 0 aromatic heterocycles. The number of nitrogens with zero attached hydrogens (tertiary/aromatic N) is 1. The molecule has 0 bridgehead atoms. The molecule has 1 atom stereocenters. The number of rotatable bonds is 6. The number of hydrogen-bond acceptors (Lipinski definition) is 6. The van der Waals surface area contributed by atoms with Gasteiger partial charge >= 0.3 is 0 Å². The quantitative estimate of drug-likeness (QED) is 0.338. The molecule has 1 saturated heterocycles. The van der Waals surface area contributed by atoms with Gasteiger partial charge in [0.25, 0.3) is 11.7 Å². The molecule has 3 aromatic rings. The van der Waals surface area contributed by atoms with Gasteiger partial charge in [0.2, 0.25) is 0 Å². The first-order chi connectivity index (χ1) is 15.9. The zero-order chi connectivity index (χ0) is 23.5. The number of hydrogen-bond donors (Lipinski definition) is 2. The summed E-state index contributed by atoms with van der Waals surface area (Å²) in [6.07, 6.45) is 0. The van der Waals surface area contributed by atoms with Crippen molar-refractivity contribution in [3.63, 3.8) is 0 Å². The SMILES string of the molecule is COc1cccc(C(O)=C2C(=O)C(=O)N(Cc3ccccc3)C2c2ccc(O)c(OC)c2)c1. The highest BCUT2D eigenvalue weighted by molar-refractivity contribution is 6.46. The smallest absolute Gasteiger partial charge is 0.295 e. The van der Waals surface area contributed by atoms with Gasteiger partial charge < -0.3 is 24.6 Å². The lowest BCUT2D eigenvalue weighted by atomic mass is 9.94. The van der Waals surface area contributed by atoms with Crippen molar-refractivity contribution in [2.24, 2.45) is 0 Å². The van der Waals surface area contributed by atoms with E-state index in [0.29, 0.717) is 16.9 Å². The van der Waals surface area contributed by atoms with Gasteiger partial charge in [-0.3, -0.25) is 9.59 Å². The molecule has 0 saturated carbocycles. The Labute approximate surface area is 191 Å². The van der Waals surface area contributed by atoms with Gasteiger partial charge in [-0.2, -0.15) is 0 Å². The maximum atomic E-state index is 13.2. The second kappa shape index (κ2) is 9.08. The number of aliphatic hydroxyl groups is 1. The highest BCUT2D eigenvalue weighted by Crippen LogP contribution is 2.42. The monoisotopic (exact) mass is 445 g/mol. The van der Waals surface area contributed by atoms with Crippen LogP contribution >= 0.6 is 0 Å². The molecular weight excluding hydrogens is 422 g/mol. The van der Waals surface area contributed by atoms with Gasteiger partial charge in [-0.25, -0.2) is 0 Å². The lowest BCUT2D eigenvalue weighted by Gasteiger charge is -2.26. The Kier molecular flexibility index (Phi) is 6.04. The number of Topliss-reactive ketones (excluding diaryl/α,β-unsaturated/α-hetero) is 1. The van der Waals surface area contributed by atoms with E-state index in [9.17, 15) is 19.8 Å². The fraction of sp³-hybridized carbons (Fsp3) is 0.154. The molecule has 1 amide bonds. The summed E-state index contributed by atoms with van der Waals surface area (Å²) < 4.78 is 10.5. The van der Waals surface area contributed by atoms with E-state index in [1.54, 1.807) is 36.4 Å². The molecule has 0 aliphatic carbocycles. The number of carbonyl (C=O) groups excluding carboxylic acids is 2. The third-order valence-corrected chi connectivity index (χ3v) is 5.60. The predicted molar refractivity (Wildman–Crippen MR) is 122 cm³/mol. The number of aliphatic hydroxyl groups excluding tert-OH is 1. The number of amides is 1. The summed E-state index contributed by atoms with van der Waals surface area (Å²) in [6, 6.07) is 19.6. The summed E-state index contributed by atoms with van der Waals surface area (Å²) in [5.41, 5.74) is 1.65. The van der Waals surface area contributed by atoms with Crippen LogP contribution in [0.3, 0.4) is 0 Å². The number of carbonyl (C=O) groups is 2. The molecule has 2 N–H and O–H groups in total. The Morgan fingerprint density at radius 3 is 2.39 bits per heavy atom. The van der Waals surface area contributed by atoms with Gasteiger partial charge in [0, 0.05) is 12.1 Å². The van der Waals surface area contributed by atoms with Crippen molar-refractivity contribution in [1.29, 1.82) is 0 Å². The highest BCUT2D eigenvalue weighted by Gasteiger charge is 2.46. The minimum atomic E-state index is -0.883. The van der Waals surface area contributed by atoms with Crippen molar-refractivity contribution in [2.75, 3.05) is 14.2 Å². The van der Waals surface area contributed by atoms with Crippen LogP contribution in [-0.2, 0) is 16.1 Å². The summed E-state index contributed by atoms with van der Waals surface area (Å²) in [7, 11) is 2.91. The zero-order valence-corrected chi connectivity index (χ0v) is 18.2. The summed E-state index contributed by atoms with van der Waals surface area (Å²) >= 11 is 0. The number of phenols is 1. The van der Waals surface area contributed by atoms with Crippen molar-refractivity contribution < 1.29 is 29.3 Å². The third-order valence-electron chi connectivity index (χ3n) is 5.60. The van der Waals surface area contributed by atoms with Crippen LogP contribution in [0.15, 0.2) is 78.4 Å². The lowest BCUT2D eigenvalue weighted by Crippen LogP contribution is -2.29. The molecular formula is C26H23NO6. The minimum absolute atomic E-state index is 0.0445. The number of aromatic hydroxyl groups is 1. The summed E-state index contributed by atoms with van der Waals surface area (Å²) in [5, 5.41) is 21.2. The number of ether oxygens (including phenoxy) is 2. The Balaban J connectivity index is 1.90. The number of methoxy groups -OCH3 is 2. The molecule has 1 heterocycles. The van der Waals surface area contributed by atoms with Gasteiger partial charge in [0.05, 0.1) is 25.8 Å². The number of benzene rings is 3. The molecule has 0 spiro atoms. The second-order valence-electron chi connectivity index (χ2n) is 7.58. The maximum absolute atomic E-state index is 13.2. The molecule has 33 heavy (non-hydrogen) atoms. The van der Waals surface area contributed by atoms with E-state index < -0.39 is 17.7 Å². The third kappa shape index (κ3) is 4.13. The highest BCUT2D eigenvalue weighted by atomic mass is 16.5. The van der Waals surface area contributed by atoms with Crippen LogP contribution in [0, 0.1) is 0 Å². The van der Waals surface area contributed by atoms with Gasteiger partial charge in [-0.15, -0.1) is 0 Å². The molecule has 7 heteroatoms. The van der Waals surface area contributed by atoms with E-state index in [1.807, 2.05) is 30.3 Å². The molecule has 1 unspecified atom stereocenters. The first-order valence-corrected chi connectivity index (χ1v) is 10.3. The van der Waals surface area contributed by atoms with Crippen LogP contribution in [0.2, 0.25) is 0 Å². The van der Waals surface area contributed by atoms with E-state index in [-0.39, 0.29) is 29.4 Å². The molecule has 3 aromatic carbocycles. The Bertz CT molecular complexity index is 1230.